The molecule has 5 atom stereocenters. The van der Waals surface area contributed by atoms with Crippen molar-refractivity contribution in [1.82, 2.24) is 0 Å². The van der Waals surface area contributed by atoms with E-state index >= 15 is 0 Å². The van der Waals surface area contributed by atoms with E-state index in [2.05, 4.69) is 27.7 Å². The highest BCUT2D eigenvalue weighted by atomic mass is 16.6. The summed E-state index contributed by atoms with van der Waals surface area (Å²) in [6.07, 6.45) is 7.97. The van der Waals surface area contributed by atoms with Crippen LogP contribution >= 0.6 is 0 Å². The molecule has 0 aromatic heterocycles. The van der Waals surface area contributed by atoms with E-state index in [0.29, 0.717) is 26.2 Å². The van der Waals surface area contributed by atoms with Crippen molar-refractivity contribution in [2.75, 3.05) is 33.0 Å². The maximum absolute atomic E-state index is 10.8. The zero-order chi connectivity index (χ0) is 20.6. The lowest BCUT2D eigenvalue weighted by Crippen LogP contribution is -2.58. The molecule has 1 saturated carbocycles. The zero-order valence-corrected chi connectivity index (χ0v) is 18.9. The minimum atomic E-state index is -0.533. The van der Waals surface area contributed by atoms with Crippen molar-refractivity contribution >= 4 is 0 Å². The monoisotopic (exact) mass is 402 g/mol. The SMILES string of the molecule is CCCCOCC1CC(O)C(OCCCC)C(OCCCC)C1OCCCC. The second-order valence-corrected chi connectivity index (χ2v) is 8.06. The molecule has 0 radical (unpaired) electrons. The van der Waals surface area contributed by atoms with Gasteiger partial charge in [-0.1, -0.05) is 53.4 Å². The van der Waals surface area contributed by atoms with E-state index in [1.54, 1.807) is 0 Å². The average Bonchev–Trinajstić information content (AvgIpc) is 2.69. The van der Waals surface area contributed by atoms with E-state index in [9.17, 15) is 5.11 Å². The third kappa shape index (κ3) is 9.53. The molecule has 5 nitrogen and oxygen atoms in total. The molecule has 0 aromatic rings. The molecule has 1 fully saturated rings. The molecule has 1 N–H and O–H groups in total. The van der Waals surface area contributed by atoms with Crippen molar-refractivity contribution in [3.05, 3.63) is 0 Å². The van der Waals surface area contributed by atoms with Crippen LogP contribution in [0.4, 0.5) is 0 Å². The third-order valence-electron chi connectivity index (χ3n) is 5.43. The van der Waals surface area contributed by atoms with Crippen LogP contribution in [0, 0.1) is 5.92 Å². The maximum atomic E-state index is 10.8. The van der Waals surface area contributed by atoms with Crippen molar-refractivity contribution in [2.45, 2.75) is 110 Å². The summed E-state index contributed by atoms with van der Waals surface area (Å²) < 4.78 is 24.6. The summed E-state index contributed by atoms with van der Waals surface area (Å²) in [4.78, 5) is 0. The molecule has 0 amide bonds. The highest BCUT2D eigenvalue weighted by Crippen LogP contribution is 2.33. The molecular formula is C23H46O5. The van der Waals surface area contributed by atoms with Crippen LogP contribution in [0.15, 0.2) is 0 Å². The van der Waals surface area contributed by atoms with Gasteiger partial charge in [-0.15, -0.1) is 0 Å². The van der Waals surface area contributed by atoms with Gasteiger partial charge in [-0.05, 0) is 32.1 Å². The number of aliphatic hydroxyl groups is 1. The first kappa shape index (κ1) is 25.8. The summed E-state index contributed by atoms with van der Waals surface area (Å²) in [7, 11) is 0. The van der Waals surface area contributed by atoms with Gasteiger partial charge < -0.3 is 24.1 Å². The molecule has 0 heterocycles. The summed E-state index contributed by atoms with van der Waals surface area (Å²) >= 11 is 0. The van der Waals surface area contributed by atoms with Crippen LogP contribution in [0.5, 0.6) is 0 Å². The number of unbranched alkanes of at least 4 members (excludes halogenated alkanes) is 4. The van der Waals surface area contributed by atoms with Crippen LogP contribution in [0.3, 0.4) is 0 Å². The molecule has 0 aromatic carbocycles. The zero-order valence-electron chi connectivity index (χ0n) is 18.9. The van der Waals surface area contributed by atoms with Gasteiger partial charge in [0.1, 0.15) is 12.2 Å². The summed E-state index contributed by atoms with van der Waals surface area (Å²) in [6, 6.07) is 0. The maximum Gasteiger partial charge on any atom is 0.113 e. The van der Waals surface area contributed by atoms with E-state index < -0.39 is 6.10 Å². The molecule has 28 heavy (non-hydrogen) atoms. The minimum absolute atomic E-state index is 0.0833. The molecule has 0 saturated heterocycles. The van der Waals surface area contributed by atoms with Crippen LogP contribution in [0.2, 0.25) is 0 Å². The first-order chi connectivity index (χ1) is 13.7. The van der Waals surface area contributed by atoms with Gasteiger partial charge in [0.25, 0.3) is 0 Å². The second-order valence-electron chi connectivity index (χ2n) is 8.06. The fourth-order valence-electron chi connectivity index (χ4n) is 3.61. The average molecular weight is 403 g/mol. The molecule has 0 bridgehead atoms. The molecule has 1 aliphatic carbocycles. The Hall–Kier alpha value is -0.200. The number of hydrogen-bond donors (Lipinski definition) is 1. The van der Waals surface area contributed by atoms with Crippen LogP contribution in [-0.2, 0) is 18.9 Å². The van der Waals surface area contributed by atoms with Crippen molar-refractivity contribution in [3.63, 3.8) is 0 Å². The van der Waals surface area contributed by atoms with Crippen LogP contribution < -0.4 is 0 Å². The Morgan fingerprint density at radius 3 is 1.64 bits per heavy atom. The summed E-state index contributed by atoms with van der Waals surface area (Å²) in [5.74, 6) is 0.140. The molecule has 0 aliphatic heterocycles. The molecule has 0 spiro atoms. The van der Waals surface area contributed by atoms with E-state index in [1.807, 2.05) is 0 Å². The fourth-order valence-corrected chi connectivity index (χ4v) is 3.61. The Balaban J connectivity index is 2.84. The smallest absolute Gasteiger partial charge is 0.113 e. The van der Waals surface area contributed by atoms with Crippen molar-refractivity contribution in [1.29, 1.82) is 0 Å². The predicted molar refractivity (Wildman–Crippen MR) is 114 cm³/mol. The van der Waals surface area contributed by atoms with Crippen LogP contribution in [0.1, 0.15) is 85.5 Å². The summed E-state index contributed by atoms with van der Waals surface area (Å²) in [5.41, 5.74) is 0. The number of aliphatic hydroxyl groups excluding tert-OH is 1. The number of rotatable bonds is 17. The van der Waals surface area contributed by atoms with Gasteiger partial charge in [-0.25, -0.2) is 0 Å². The summed E-state index contributed by atoms with van der Waals surface area (Å²) in [5, 5.41) is 10.8. The van der Waals surface area contributed by atoms with E-state index in [4.69, 9.17) is 18.9 Å². The third-order valence-corrected chi connectivity index (χ3v) is 5.43. The quantitative estimate of drug-likeness (QED) is 0.356. The Labute approximate surface area is 173 Å². The van der Waals surface area contributed by atoms with Gasteiger partial charge in [0.05, 0.1) is 18.8 Å². The predicted octanol–water partition coefficient (Wildman–Crippen LogP) is 4.74. The van der Waals surface area contributed by atoms with Crippen LogP contribution in [-0.4, -0.2) is 62.6 Å². The molecule has 5 unspecified atom stereocenters. The number of hydrogen-bond acceptors (Lipinski definition) is 5. The Morgan fingerprint density at radius 1 is 0.643 bits per heavy atom. The second kappa shape index (κ2) is 16.6. The highest BCUT2D eigenvalue weighted by molar-refractivity contribution is 4.96. The van der Waals surface area contributed by atoms with Gasteiger partial charge in [-0.3, -0.25) is 0 Å². The molecular weight excluding hydrogens is 356 g/mol. The van der Waals surface area contributed by atoms with Gasteiger partial charge >= 0.3 is 0 Å². The Kier molecular flexibility index (Phi) is 15.3. The number of ether oxygens (including phenoxy) is 4. The van der Waals surface area contributed by atoms with Gasteiger partial charge in [0, 0.05) is 32.3 Å². The largest absolute Gasteiger partial charge is 0.390 e. The molecule has 5 heteroatoms. The lowest BCUT2D eigenvalue weighted by atomic mass is 9.80. The van der Waals surface area contributed by atoms with Crippen molar-refractivity contribution in [2.24, 2.45) is 5.92 Å². The minimum Gasteiger partial charge on any atom is -0.390 e. The first-order valence-electron chi connectivity index (χ1n) is 11.8. The van der Waals surface area contributed by atoms with Gasteiger partial charge in [0.15, 0.2) is 0 Å². The fraction of sp³-hybridized carbons (Fsp3) is 1.00. The van der Waals surface area contributed by atoms with Crippen molar-refractivity contribution < 1.29 is 24.1 Å². The van der Waals surface area contributed by atoms with Crippen LogP contribution in [0.25, 0.3) is 0 Å². The topological polar surface area (TPSA) is 57.2 Å². The molecule has 1 rings (SSSR count). The normalized spacial score (nSPS) is 28.0. The highest BCUT2D eigenvalue weighted by Gasteiger charge is 2.46. The Morgan fingerprint density at radius 2 is 1.11 bits per heavy atom. The lowest BCUT2D eigenvalue weighted by molar-refractivity contribution is -0.216. The van der Waals surface area contributed by atoms with E-state index in [0.717, 1.165) is 64.6 Å². The standard InChI is InChI=1S/C23H46O5/c1-5-9-13-25-18-19-17-20(24)22(27-15-11-7-3)23(28-16-12-8-4)21(19)26-14-10-6-2/h19-24H,5-18H2,1-4H3. The van der Waals surface area contributed by atoms with E-state index in [-0.39, 0.29) is 24.2 Å². The van der Waals surface area contributed by atoms with Gasteiger partial charge in [-0.2, -0.15) is 0 Å². The summed E-state index contributed by atoms with van der Waals surface area (Å²) in [6.45, 7) is 12.1. The first-order valence-corrected chi connectivity index (χ1v) is 11.8. The molecule has 1 aliphatic rings. The molecule has 168 valence electrons. The van der Waals surface area contributed by atoms with E-state index in [1.165, 1.54) is 0 Å². The lowest BCUT2D eigenvalue weighted by Gasteiger charge is -2.44. The van der Waals surface area contributed by atoms with Gasteiger partial charge in [0.2, 0.25) is 0 Å². The van der Waals surface area contributed by atoms with Crippen molar-refractivity contribution in [3.8, 4) is 0 Å². The Bertz CT molecular complexity index is 352.